The van der Waals surface area contributed by atoms with Gasteiger partial charge >= 0.3 is 0 Å². The van der Waals surface area contributed by atoms with Crippen LogP contribution < -0.4 is 4.74 Å². The van der Waals surface area contributed by atoms with Gasteiger partial charge in [-0.25, -0.2) is 0 Å². The van der Waals surface area contributed by atoms with Crippen molar-refractivity contribution in [3.63, 3.8) is 0 Å². The Bertz CT molecular complexity index is 450. The van der Waals surface area contributed by atoms with E-state index in [0.29, 0.717) is 4.08 Å². The molecule has 3 heteroatoms. The predicted octanol–water partition coefficient (Wildman–Crippen LogP) is 4.75. The smallest absolute Gasteiger partial charge is 0.123 e. The van der Waals surface area contributed by atoms with Crippen LogP contribution in [0.2, 0.25) is 0 Å². The Kier molecular flexibility index (Phi) is 3.78. The van der Waals surface area contributed by atoms with Crippen LogP contribution >= 0.6 is 23.5 Å². The summed E-state index contributed by atoms with van der Waals surface area (Å²) in [6.07, 6.45) is 4.91. The molecule has 1 aromatic carbocycles. The van der Waals surface area contributed by atoms with Gasteiger partial charge < -0.3 is 4.74 Å². The summed E-state index contributed by atoms with van der Waals surface area (Å²) in [6, 6.07) is 8.56. The van der Waals surface area contributed by atoms with E-state index in [0.717, 1.165) is 18.6 Å². The van der Waals surface area contributed by atoms with Gasteiger partial charge in [-0.1, -0.05) is 18.2 Å². The first-order valence-electron chi connectivity index (χ1n) is 7.14. The quantitative estimate of drug-likeness (QED) is 0.683. The van der Waals surface area contributed by atoms with Gasteiger partial charge in [0.05, 0.1) is 4.08 Å². The number of rotatable bonds is 0. The maximum Gasteiger partial charge on any atom is 0.123 e. The summed E-state index contributed by atoms with van der Waals surface area (Å²) in [4.78, 5) is 0. The van der Waals surface area contributed by atoms with E-state index >= 15 is 0 Å². The number of aryl methyl sites for hydroxylation is 1. The van der Waals surface area contributed by atoms with Gasteiger partial charge in [0, 0.05) is 6.42 Å². The summed E-state index contributed by atoms with van der Waals surface area (Å²) in [5.74, 6) is 3.71. The fourth-order valence-electron chi connectivity index (χ4n) is 3.07. The Morgan fingerprint density at radius 1 is 1.11 bits per heavy atom. The Morgan fingerprint density at radius 3 is 2.63 bits per heavy atom. The molecule has 19 heavy (non-hydrogen) atoms. The molecule has 0 unspecified atom stereocenters. The monoisotopic (exact) mass is 294 g/mol. The third kappa shape index (κ3) is 3.08. The highest BCUT2D eigenvalue weighted by molar-refractivity contribution is 8.18. The van der Waals surface area contributed by atoms with Crippen molar-refractivity contribution >= 4 is 23.5 Å². The first kappa shape index (κ1) is 13.7. The van der Waals surface area contributed by atoms with Gasteiger partial charge in [0.25, 0.3) is 0 Å². The highest BCUT2D eigenvalue weighted by atomic mass is 32.2. The lowest BCUT2D eigenvalue weighted by atomic mass is 9.95. The van der Waals surface area contributed by atoms with Gasteiger partial charge in [-0.3, -0.25) is 0 Å². The average molecular weight is 294 g/mol. The van der Waals surface area contributed by atoms with E-state index in [2.05, 4.69) is 61.6 Å². The zero-order valence-corrected chi connectivity index (χ0v) is 13.4. The molecule has 1 spiro atoms. The number of ether oxygens (including phenoxy) is 1. The largest absolute Gasteiger partial charge is 0.487 e. The molecular weight excluding hydrogens is 272 g/mol. The van der Waals surface area contributed by atoms with Gasteiger partial charge in [-0.15, -0.1) is 23.5 Å². The molecule has 1 saturated heterocycles. The molecule has 3 rings (SSSR count). The lowest BCUT2D eigenvalue weighted by Crippen LogP contribution is -2.41. The Morgan fingerprint density at radius 2 is 1.84 bits per heavy atom. The zero-order chi connectivity index (χ0) is 13.3. The average Bonchev–Trinajstić information content (AvgIpc) is 2.36. The van der Waals surface area contributed by atoms with Crippen LogP contribution in [0.1, 0.15) is 38.7 Å². The van der Waals surface area contributed by atoms with Crippen LogP contribution in [0.3, 0.4) is 0 Å². The van der Waals surface area contributed by atoms with Crippen molar-refractivity contribution in [3.05, 3.63) is 29.8 Å². The molecule has 0 N–H and O–H groups in total. The van der Waals surface area contributed by atoms with Crippen molar-refractivity contribution in [2.75, 3.05) is 11.5 Å². The third-order valence-electron chi connectivity index (χ3n) is 3.85. The Hall–Kier alpha value is -0.280. The molecule has 0 amide bonds. The van der Waals surface area contributed by atoms with Crippen molar-refractivity contribution in [1.82, 2.24) is 0 Å². The summed E-state index contributed by atoms with van der Waals surface area (Å²) >= 11 is 4.34. The number of benzene rings is 1. The molecule has 0 bridgehead atoms. The van der Waals surface area contributed by atoms with Crippen molar-refractivity contribution in [2.24, 2.45) is 0 Å². The summed E-state index contributed by atoms with van der Waals surface area (Å²) in [6.45, 7) is 4.49. The lowest BCUT2D eigenvalue weighted by molar-refractivity contribution is 0.0897. The van der Waals surface area contributed by atoms with Gasteiger partial charge in [-0.05, 0) is 56.2 Å². The van der Waals surface area contributed by atoms with E-state index < -0.39 is 0 Å². The van der Waals surface area contributed by atoms with E-state index in [1.54, 1.807) is 0 Å². The number of para-hydroxylation sites is 1. The maximum absolute atomic E-state index is 6.33. The van der Waals surface area contributed by atoms with E-state index in [1.165, 1.54) is 29.9 Å². The van der Waals surface area contributed by atoms with E-state index in [1.807, 2.05) is 0 Å². The van der Waals surface area contributed by atoms with Crippen LogP contribution in [-0.4, -0.2) is 21.2 Å². The molecule has 1 nitrogen and oxygen atoms in total. The lowest BCUT2D eigenvalue weighted by Gasteiger charge is -2.43. The number of hydrogen-bond donors (Lipinski definition) is 0. The third-order valence-corrected chi connectivity index (χ3v) is 7.29. The molecule has 0 radical (unpaired) electrons. The van der Waals surface area contributed by atoms with E-state index in [-0.39, 0.29) is 5.60 Å². The minimum atomic E-state index is -0.0755. The van der Waals surface area contributed by atoms with Crippen LogP contribution in [0.5, 0.6) is 5.75 Å². The summed E-state index contributed by atoms with van der Waals surface area (Å²) in [5.41, 5.74) is 1.30. The molecule has 1 fully saturated rings. The predicted molar refractivity (Wildman–Crippen MR) is 86.4 cm³/mol. The topological polar surface area (TPSA) is 9.23 Å². The van der Waals surface area contributed by atoms with Gasteiger partial charge in [0.2, 0.25) is 0 Å². The van der Waals surface area contributed by atoms with Crippen LogP contribution in [0.15, 0.2) is 24.3 Å². The minimum absolute atomic E-state index is 0.0755. The van der Waals surface area contributed by atoms with Crippen molar-refractivity contribution in [1.29, 1.82) is 0 Å². The Labute approximate surface area is 124 Å². The molecule has 104 valence electrons. The highest BCUT2D eigenvalue weighted by Gasteiger charge is 2.41. The Balaban J connectivity index is 1.91. The second-order valence-electron chi connectivity index (χ2n) is 6.11. The first-order chi connectivity index (χ1) is 9.09. The molecule has 2 aliphatic rings. The molecule has 0 saturated carbocycles. The molecule has 0 aliphatic carbocycles. The summed E-state index contributed by atoms with van der Waals surface area (Å²) < 4.78 is 6.70. The van der Waals surface area contributed by atoms with Crippen molar-refractivity contribution in [3.8, 4) is 5.75 Å². The molecule has 0 atom stereocenters. The van der Waals surface area contributed by atoms with Gasteiger partial charge in [-0.2, -0.15) is 0 Å². The SMILES string of the molecule is CC1(C)CC2(CCc3ccccc3O1)SCCCS2. The van der Waals surface area contributed by atoms with Crippen molar-refractivity contribution < 1.29 is 4.74 Å². The van der Waals surface area contributed by atoms with Crippen LogP contribution in [0.4, 0.5) is 0 Å². The molecule has 2 heterocycles. The van der Waals surface area contributed by atoms with Gasteiger partial charge in [0.1, 0.15) is 11.4 Å². The summed E-state index contributed by atoms with van der Waals surface area (Å²) in [7, 11) is 0. The fourth-order valence-corrected chi connectivity index (χ4v) is 6.80. The van der Waals surface area contributed by atoms with Crippen LogP contribution in [0.25, 0.3) is 0 Å². The zero-order valence-electron chi connectivity index (χ0n) is 11.8. The molecule has 2 aliphatic heterocycles. The van der Waals surface area contributed by atoms with E-state index in [9.17, 15) is 0 Å². The first-order valence-corrected chi connectivity index (χ1v) is 9.11. The number of thioether (sulfide) groups is 2. The van der Waals surface area contributed by atoms with Crippen molar-refractivity contribution in [2.45, 2.75) is 49.2 Å². The fraction of sp³-hybridized carbons (Fsp3) is 0.625. The van der Waals surface area contributed by atoms with E-state index in [4.69, 9.17) is 4.74 Å². The van der Waals surface area contributed by atoms with Crippen LogP contribution in [-0.2, 0) is 6.42 Å². The molecule has 1 aromatic rings. The molecule has 0 aromatic heterocycles. The maximum atomic E-state index is 6.33. The summed E-state index contributed by atoms with van der Waals surface area (Å²) in [5, 5.41) is 0. The van der Waals surface area contributed by atoms with Gasteiger partial charge in [0.15, 0.2) is 0 Å². The second kappa shape index (κ2) is 5.25. The second-order valence-corrected chi connectivity index (χ2v) is 9.32. The highest BCUT2D eigenvalue weighted by Crippen LogP contribution is 2.52. The minimum Gasteiger partial charge on any atom is -0.487 e. The normalized spacial score (nSPS) is 24.9. The standard InChI is InChI=1S/C16H22OS2/c1-15(2)12-16(18-10-5-11-19-16)9-8-13-6-3-4-7-14(13)17-15/h3-4,6-7H,5,8-12H2,1-2H3. The number of fused-ring (bicyclic) bond motifs is 1. The number of hydrogen-bond acceptors (Lipinski definition) is 3. The van der Waals surface area contributed by atoms with Crippen LogP contribution in [0, 0.1) is 0 Å². The molecular formula is C16H22OS2.